The molecule has 0 aliphatic carbocycles. The Morgan fingerprint density at radius 1 is 0.941 bits per heavy atom. The van der Waals surface area contributed by atoms with Crippen LogP contribution >= 0.6 is 0 Å². The molecule has 3 aromatic rings. The van der Waals surface area contributed by atoms with Crippen molar-refractivity contribution in [2.45, 2.75) is 6.92 Å². The molecule has 0 bridgehead atoms. The van der Waals surface area contributed by atoms with Gasteiger partial charge in [-0.25, -0.2) is 0 Å². The zero-order valence-electron chi connectivity index (χ0n) is 9.46. The van der Waals surface area contributed by atoms with Crippen LogP contribution in [0.4, 0.5) is 0 Å². The number of pyridine rings is 3. The van der Waals surface area contributed by atoms with Gasteiger partial charge in [0, 0.05) is 17.8 Å². The molecule has 0 unspecified atom stereocenters. The van der Waals surface area contributed by atoms with Crippen molar-refractivity contribution in [3.05, 3.63) is 54.5 Å². The number of hydrogen-bond donors (Lipinski definition) is 0. The van der Waals surface area contributed by atoms with Crippen molar-refractivity contribution < 1.29 is 0 Å². The van der Waals surface area contributed by atoms with Gasteiger partial charge in [0.15, 0.2) is 0 Å². The minimum absolute atomic E-state index is 0.892. The van der Waals surface area contributed by atoms with Crippen LogP contribution in [0.3, 0.4) is 0 Å². The summed E-state index contributed by atoms with van der Waals surface area (Å²) in [4.78, 5) is 13.0. The molecule has 3 rings (SSSR count). The molecule has 3 heterocycles. The fraction of sp³-hybridized carbons (Fsp3) is 0.0714. The van der Waals surface area contributed by atoms with E-state index in [0.717, 1.165) is 27.9 Å². The molecule has 3 nitrogen and oxygen atoms in total. The molecule has 0 spiro atoms. The van der Waals surface area contributed by atoms with Crippen LogP contribution in [-0.2, 0) is 0 Å². The summed E-state index contributed by atoms with van der Waals surface area (Å²) in [6.07, 6.45) is 5.35. The third-order valence-corrected chi connectivity index (χ3v) is 2.74. The molecule has 0 aromatic carbocycles. The SMILES string of the molecule is Cc1cccnc1-c1cc2cccnc2cn1. The fourth-order valence-corrected chi connectivity index (χ4v) is 1.86. The van der Waals surface area contributed by atoms with Crippen LogP contribution in [0, 0.1) is 6.92 Å². The highest BCUT2D eigenvalue weighted by atomic mass is 14.8. The van der Waals surface area contributed by atoms with Crippen LogP contribution in [-0.4, -0.2) is 15.0 Å². The monoisotopic (exact) mass is 221 g/mol. The van der Waals surface area contributed by atoms with Crippen molar-refractivity contribution in [3.8, 4) is 11.4 Å². The van der Waals surface area contributed by atoms with E-state index in [9.17, 15) is 0 Å². The molecular weight excluding hydrogens is 210 g/mol. The molecule has 0 amide bonds. The Bertz CT molecular complexity index is 677. The Labute approximate surface area is 99.2 Å². The van der Waals surface area contributed by atoms with Gasteiger partial charge in [-0.1, -0.05) is 12.1 Å². The second kappa shape index (κ2) is 3.94. The van der Waals surface area contributed by atoms with Gasteiger partial charge < -0.3 is 0 Å². The van der Waals surface area contributed by atoms with E-state index >= 15 is 0 Å². The molecule has 82 valence electrons. The quantitative estimate of drug-likeness (QED) is 0.634. The van der Waals surface area contributed by atoms with Crippen molar-refractivity contribution in [3.63, 3.8) is 0 Å². The summed E-state index contributed by atoms with van der Waals surface area (Å²) in [6, 6.07) is 9.96. The zero-order chi connectivity index (χ0) is 11.7. The summed E-state index contributed by atoms with van der Waals surface area (Å²) in [5.74, 6) is 0. The van der Waals surface area contributed by atoms with Gasteiger partial charge in [-0.2, -0.15) is 0 Å². The molecule has 3 heteroatoms. The van der Waals surface area contributed by atoms with E-state index in [0.29, 0.717) is 0 Å². The molecule has 0 saturated carbocycles. The Hall–Kier alpha value is -2.29. The average molecular weight is 221 g/mol. The van der Waals surface area contributed by atoms with Crippen LogP contribution < -0.4 is 0 Å². The first kappa shape index (κ1) is 9.90. The number of fused-ring (bicyclic) bond motifs is 1. The smallest absolute Gasteiger partial charge is 0.0915 e. The number of rotatable bonds is 1. The van der Waals surface area contributed by atoms with Gasteiger partial charge in [-0.15, -0.1) is 0 Å². The van der Waals surface area contributed by atoms with Gasteiger partial charge in [0.1, 0.15) is 0 Å². The molecule has 0 aliphatic rings. The van der Waals surface area contributed by atoms with Crippen molar-refractivity contribution in [2.75, 3.05) is 0 Å². The predicted molar refractivity (Wildman–Crippen MR) is 67.5 cm³/mol. The lowest BCUT2D eigenvalue weighted by Crippen LogP contribution is -1.91. The van der Waals surface area contributed by atoms with E-state index in [4.69, 9.17) is 0 Å². The first-order chi connectivity index (χ1) is 8.34. The highest BCUT2D eigenvalue weighted by Crippen LogP contribution is 2.21. The lowest BCUT2D eigenvalue weighted by atomic mass is 10.1. The average Bonchev–Trinajstić information content (AvgIpc) is 2.39. The number of nitrogens with zero attached hydrogens (tertiary/aromatic N) is 3. The topological polar surface area (TPSA) is 38.7 Å². The first-order valence-electron chi connectivity index (χ1n) is 5.47. The summed E-state index contributed by atoms with van der Waals surface area (Å²) in [5, 5.41) is 1.09. The van der Waals surface area contributed by atoms with E-state index in [-0.39, 0.29) is 0 Å². The molecule has 3 aromatic heterocycles. The van der Waals surface area contributed by atoms with E-state index < -0.39 is 0 Å². The molecule has 0 saturated heterocycles. The van der Waals surface area contributed by atoms with Crippen molar-refractivity contribution in [1.29, 1.82) is 0 Å². The van der Waals surface area contributed by atoms with Crippen molar-refractivity contribution in [1.82, 2.24) is 15.0 Å². The maximum Gasteiger partial charge on any atom is 0.0915 e. The fourth-order valence-electron chi connectivity index (χ4n) is 1.86. The third kappa shape index (κ3) is 1.76. The lowest BCUT2D eigenvalue weighted by molar-refractivity contribution is 1.22. The van der Waals surface area contributed by atoms with Gasteiger partial charge in [-0.05, 0) is 30.7 Å². The molecule has 0 N–H and O–H groups in total. The minimum Gasteiger partial charge on any atom is -0.255 e. The molecule has 0 aliphatic heterocycles. The lowest BCUT2D eigenvalue weighted by Gasteiger charge is -2.04. The molecule has 17 heavy (non-hydrogen) atoms. The number of aromatic nitrogens is 3. The van der Waals surface area contributed by atoms with Crippen LogP contribution in [0.5, 0.6) is 0 Å². The maximum atomic E-state index is 4.41. The third-order valence-electron chi connectivity index (χ3n) is 2.74. The Kier molecular flexibility index (Phi) is 2.29. The van der Waals surface area contributed by atoms with E-state index in [1.54, 1.807) is 18.6 Å². The van der Waals surface area contributed by atoms with E-state index in [1.165, 1.54) is 0 Å². The first-order valence-corrected chi connectivity index (χ1v) is 5.47. The standard InChI is InChI=1S/C14H11N3/c1-10-4-2-7-16-14(10)12-8-11-5-3-6-15-13(11)9-17-12/h2-9H,1H3. The Morgan fingerprint density at radius 3 is 2.65 bits per heavy atom. The van der Waals surface area contributed by atoms with Gasteiger partial charge in [0.05, 0.1) is 23.1 Å². The van der Waals surface area contributed by atoms with Gasteiger partial charge in [-0.3, -0.25) is 15.0 Å². The van der Waals surface area contributed by atoms with Gasteiger partial charge in [0.2, 0.25) is 0 Å². The summed E-state index contributed by atoms with van der Waals surface area (Å²) in [7, 11) is 0. The number of hydrogen-bond acceptors (Lipinski definition) is 3. The van der Waals surface area contributed by atoms with Crippen LogP contribution in [0.1, 0.15) is 5.56 Å². The normalized spacial score (nSPS) is 10.6. The Balaban J connectivity index is 2.22. The highest BCUT2D eigenvalue weighted by molar-refractivity contribution is 5.81. The second-order valence-electron chi connectivity index (χ2n) is 3.93. The number of aryl methyl sites for hydroxylation is 1. The van der Waals surface area contributed by atoms with Crippen LogP contribution in [0.25, 0.3) is 22.3 Å². The Morgan fingerprint density at radius 2 is 1.76 bits per heavy atom. The summed E-state index contributed by atoms with van der Waals surface area (Å²) in [5.41, 5.74) is 3.86. The molecule has 0 radical (unpaired) electrons. The minimum atomic E-state index is 0.892. The predicted octanol–water partition coefficient (Wildman–Crippen LogP) is 3.00. The van der Waals surface area contributed by atoms with E-state index in [2.05, 4.69) is 15.0 Å². The summed E-state index contributed by atoms with van der Waals surface area (Å²) in [6.45, 7) is 2.04. The van der Waals surface area contributed by atoms with E-state index in [1.807, 2.05) is 37.3 Å². The zero-order valence-corrected chi connectivity index (χ0v) is 9.46. The second-order valence-corrected chi connectivity index (χ2v) is 3.93. The molecule has 0 atom stereocenters. The molecule has 0 fully saturated rings. The summed E-state index contributed by atoms with van der Waals surface area (Å²) >= 11 is 0. The maximum absolute atomic E-state index is 4.41. The van der Waals surface area contributed by atoms with Gasteiger partial charge in [0.25, 0.3) is 0 Å². The van der Waals surface area contributed by atoms with Crippen molar-refractivity contribution >= 4 is 10.9 Å². The molecular formula is C14H11N3. The van der Waals surface area contributed by atoms with Crippen LogP contribution in [0.15, 0.2) is 48.9 Å². The van der Waals surface area contributed by atoms with Gasteiger partial charge >= 0.3 is 0 Å². The van der Waals surface area contributed by atoms with Crippen LogP contribution in [0.2, 0.25) is 0 Å². The summed E-state index contributed by atoms with van der Waals surface area (Å²) < 4.78 is 0. The highest BCUT2D eigenvalue weighted by Gasteiger charge is 2.05. The van der Waals surface area contributed by atoms with Crippen molar-refractivity contribution in [2.24, 2.45) is 0 Å². The largest absolute Gasteiger partial charge is 0.255 e.